The molecule has 0 aromatic heterocycles. The van der Waals surface area contributed by atoms with Crippen molar-refractivity contribution in [3.63, 3.8) is 0 Å². The molecule has 0 spiro atoms. The van der Waals surface area contributed by atoms with Gasteiger partial charge in [-0.2, -0.15) is 0 Å². The molecule has 2 fully saturated rings. The van der Waals surface area contributed by atoms with Gasteiger partial charge in [0.1, 0.15) is 0 Å². The highest BCUT2D eigenvalue weighted by Crippen LogP contribution is 2.20. The van der Waals surface area contributed by atoms with Crippen LogP contribution in [0.25, 0.3) is 0 Å². The Morgan fingerprint density at radius 1 is 1.33 bits per heavy atom. The summed E-state index contributed by atoms with van der Waals surface area (Å²) in [5, 5.41) is 0. The molecule has 2 heterocycles. The Morgan fingerprint density at radius 3 is 2.50 bits per heavy atom. The number of hydrogen-bond acceptors (Lipinski definition) is 4. The van der Waals surface area contributed by atoms with E-state index < -0.39 is 6.10 Å². The summed E-state index contributed by atoms with van der Waals surface area (Å²) < 4.78 is 10.7. The van der Waals surface area contributed by atoms with Gasteiger partial charge in [0.15, 0.2) is 6.10 Å². The van der Waals surface area contributed by atoms with Gasteiger partial charge in [-0.15, -0.1) is 12.4 Å². The first-order valence-corrected chi connectivity index (χ1v) is 6.42. The van der Waals surface area contributed by atoms with E-state index in [0.717, 1.165) is 25.9 Å². The highest BCUT2D eigenvalue weighted by molar-refractivity contribution is 5.85. The van der Waals surface area contributed by atoms with Gasteiger partial charge in [-0.1, -0.05) is 0 Å². The Hall–Kier alpha value is -0.360. The molecule has 5 nitrogen and oxygen atoms in total. The SMILES string of the molecule is CC(N)C1CCN(C(=O)C2COCCO2)CC1.Cl. The molecular formula is C12H23ClN2O3. The highest BCUT2D eigenvalue weighted by atomic mass is 35.5. The molecule has 6 heteroatoms. The molecule has 2 rings (SSSR count). The molecule has 2 aliphatic heterocycles. The molecule has 2 unspecified atom stereocenters. The molecule has 106 valence electrons. The zero-order chi connectivity index (χ0) is 12.3. The Bertz CT molecular complexity index is 262. The first kappa shape index (κ1) is 15.7. The van der Waals surface area contributed by atoms with Crippen molar-refractivity contribution in [1.29, 1.82) is 0 Å². The number of rotatable bonds is 2. The van der Waals surface area contributed by atoms with Gasteiger partial charge < -0.3 is 20.1 Å². The van der Waals surface area contributed by atoms with E-state index in [9.17, 15) is 4.79 Å². The van der Waals surface area contributed by atoms with E-state index in [1.165, 1.54) is 0 Å². The number of amides is 1. The predicted molar refractivity (Wildman–Crippen MR) is 70.8 cm³/mol. The summed E-state index contributed by atoms with van der Waals surface area (Å²) in [5.74, 6) is 0.621. The molecule has 0 aromatic rings. The van der Waals surface area contributed by atoms with Crippen molar-refractivity contribution in [2.24, 2.45) is 11.7 Å². The van der Waals surface area contributed by atoms with Crippen molar-refractivity contribution in [2.75, 3.05) is 32.9 Å². The maximum absolute atomic E-state index is 12.1. The van der Waals surface area contributed by atoms with E-state index in [4.69, 9.17) is 15.2 Å². The zero-order valence-electron chi connectivity index (χ0n) is 10.8. The van der Waals surface area contributed by atoms with Crippen LogP contribution in [0.2, 0.25) is 0 Å². The second-order valence-electron chi connectivity index (χ2n) is 4.96. The minimum Gasteiger partial charge on any atom is -0.376 e. The van der Waals surface area contributed by atoms with Crippen LogP contribution >= 0.6 is 12.4 Å². The maximum atomic E-state index is 12.1. The number of carbonyl (C=O) groups excluding carboxylic acids is 1. The van der Waals surface area contributed by atoms with E-state index in [-0.39, 0.29) is 24.4 Å². The molecule has 2 atom stereocenters. The smallest absolute Gasteiger partial charge is 0.254 e. The lowest BCUT2D eigenvalue weighted by atomic mass is 9.91. The van der Waals surface area contributed by atoms with E-state index in [0.29, 0.717) is 25.7 Å². The van der Waals surface area contributed by atoms with Crippen LogP contribution in [-0.2, 0) is 14.3 Å². The van der Waals surface area contributed by atoms with E-state index in [1.807, 2.05) is 11.8 Å². The molecule has 0 saturated carbocycles. The number of nitrogens with zero attached hydrogens (tertiary/aromatic N) is 1. The van der Waals surface area contributed by atoms with Crippen LogP contribution in [0.4, 0.5) is 0 Å². The lowest BCUT2D eigenvalue weighted by Crippen LogP contribution is -2.49. The van der Waals surface area contributed by atoms with Crippen LogP contribution in [0.5, 0.6) is 0 Å². The van der Waals surface area contributed by atoms with Crippen LogP contribution in [0.1, 0.15) is 19.8 Å². The Kier molecular flexibility index (Phi) is 6.35. The van der Waals surface area contributed by atoms with Gasteiger partial charge in [0.25, 0.3) is 5.91 Å². The van der Waals surface area contributed by atoms with Crippen molar-refractivity contribution in [1.82, 2.24) is 4.90 Å². The van der Waals surface area contributed by atoms with Crippen LogP contribution in [-0.4, -0.2) is 55.9 Å². The van der Waals surface area contributed by atoms with Gasteiger partial charge in [-0.25, -0.2) is 0 Å². The van der Waals surface area contributed by atoms with E-state index >= 15 is 0 Å². The van der Waals surface area contributed by atoms with Crippen LogP contribution in [0, 0.1) is 5.92 Å². The number of hydrogen-bond donors (Lipinski definition) is 1. The molecule has 2 N–H and O–H groups in total. The average molecular weight is 279 g/mol. The van der Waals surface area contributed by atoms with Crippen molar-refractivity contribution < 1.29 is 14.3 Å². The quantitative estimate of drug-likeness (QED) is 0.795. The highest BCUT2D eigenvalue weighted by Gasteiger charge is 2.31. The number of ether oxygens (including phenoxy) is 2. The first-order valence-electron chi connectivity index (χ1n) is 6.42. The molecule has 2 aliphatic rings. The summed E-state index contributed by atoms with van der Waals surface area (Å²) in [6.45, 7) is 5.14. The fraction of sp³-hybridized carbons (Fsp3) is 0.917. The number of piperidine rings is 1. The third-order valence-electron chi connectivity index (χ3n) is 3.69. The van der Waals surface area contributed by atoms with Crippen molar-refractivity contribution in [3.05, 3.63) is 0 Å². The molecular weight excluding hydrogens is 256 g/mol. The van der Waals surface area contributed by atoms with Crippen LogP contribution in [0.3, 0.4) is 0 Å². The van der Waals surface area contributed by atoms with E-state index in [2.05, 4.69) is 0 Å². The third-order valence-corrected chi connectivity index (χ3v) is 3.69. The molecule has 1 amide bonds. The zero-order valence-corrected chi connectivity index (χ0v) is 11.7. The monoisotopic (exact) mass is 278 g/mol. The average Bonchev–Trinajstić information content (AvgIpc) is 2.39. The van der Waals surface area contributed by atoms with Gasteiger partial charge in [0, 0.05) is 19.1 Å². The normalized spacial score (nSPS) is 27.4. The van der Waals surface area contributed by atoms with Crippen LogP contribution < -0.4 is 5.73 Å². The minimum atomic E-state index is -0.393. The molecule has 18 heavy (non-hydrogen) atoms. The van der Waals surface area contributed by atoms with Gasteiger partial charge in [0.05, 0.1) is 19.8 Å². The van der Waals surface area contributed by atoms with Crippen LogP contribution in [0.15, 0.2) is 0 Å². The fourth-order valence-electron chi connectivity index (χ4n) is 2.48. The summed E-state index contributed by atoms with van der Waals surface area (Å²) in [5.41, 5.74) is 5.88. The molecule has 0 aliphatic carbocycles. The summed E-state index contributed by atoms with van der Waals surface area (Å²) >= 11 is 0. The molecule has 0 bridgehead atoms. The van der Waals surface area contributed by atoms with Gasteiger partial charge in [-0.3, -0.25) is 4.79 Å². The Labute approximate surface area is 114 Å². The second-order valence-corrected chi connectivity index (χ2v) is 4.96. The summed E-state index contributed by atoms with van der Waals surface area (Å²) in [7, 11) is 0. The standard InChI is InChI=1S/C12H22N2O3.ClH/c1-9(13)10-2-4-14(5-3-10)12(15)11-8-16-6-7-17-11;/h9-11H,2-8,13H2,1H3;1H. The molecule has 0 aromatic carbocycles. The number of halogens is 1. The predicted octanol–water partition coefficient (Wildman–Crippen LogP) is 0.409. The molecule has 0 radical (unpaired) electrons. The topological polar surface area (TPSA) is 64.8 Å². The lowest BCUT2D eigenvalue weighted by molar-refractivity contribution is -0.159. The van der Waals surface area contributed by atoms with Crippen molar-refractivity contribution in [3.8, 4) is 0 Å². The Morgan fingerprint density at radius 2 is 2.00 bits per heavy atom. The Balaban J connectivity index is 0.00000162. The number of nitrogens with two attached hydrogens (primary N) is 1. The van der Waals surface area contributed by atoms with Crippen molar-refractivity contribution in [2.45, 2.75) is 31.9 Å². The summed E-state index contributed by atoms with van der Waals surface area (Å²) in [6, 6.07) is 0.224. The van der Waals surface area contributed by atoms with E-state index in [1.54, 1.807) is 0 Å². The van der Waals surface area contributed by atoms with Gasteiger partial charge in [0.2, 0.25) is 0 Å². The minimum absolute atomic E-state index is 0. The third kappa shape index (κ3) is 3.82. The fourth-order valence-corrected chi connectivity index (χ4v) is 2.48. The largest absolute Gasteiger partial charge is 0.376 e. The number of likely N-dealkylation sites (tertiary alicyclic amines) is 1. The summed E-state index contributed by atoms with van der Waals surface area (Å²) in [6.07, 6.45) is 1.60. The first-order chi connectivity index (χ1) is 8.18. The van der Waals surface area contributed by atoms with Gasteiger partial charge >= 0.3 is 0 Å². The van der Waals surface area contributed by atoms with Crippen molar-refractivity contribution >= 4 is 18.3 Å². The maximum Gasteiger partial charge on any atom is 0.254 e. The van der Waals surface area contributed by atoms with Gasteiger partial charge in [-0.05, 0) is 25.7 Å². The molecule has 2 saturated heterocycles. The number of carbonyl (C=O) groups is 1. The lowest BCUT2D eigenvalue weighted by Gasteiger charge is -2.36. The second kappa shape index (κ2) is 7.28. The summed E-state index contributed by atoms with van der Waals surface area (Å²) in [4.78, 5) is 14.0.